The second-order valence-corrected chi connectivity index (χ2v) is 6.76. The van der Waals surface area contributed by atoms with Crippen LogP contribution in [0, 0.1) is 20.8 Å². The van der Waals surface area contributed by atoms with E-state index in [0.717, 1.165) is 16.9 Å². The molecule has 2 aromatic rings. The van der Waals surface area contributed by atoms with Gasteiger partial charge in [-0.05, 0) is 44.4 Å². The van der Waals surface area contributed by atoms with Gasteiger partial charge in [0, 0.05) is 13.3 Å². The molecule has 6 heteroatoms. The molecule has 1 aromatic heterocycles. The lowest BCUT2D eigenvalue weighted by Crippen LogP contribution is -2.12. The van der Waals surface area contributed by atoms with Gasteiger partial charge in [0.1, 0.15) is 5.75 Å². The van der Waals surface area contributed by atoms with Gasteiger partial charge in [0.15, 0.2) is 10.9 Å². The molecule has 0 spiro atoms. The second kappa shape index (κ2) is 8.06. The number of carbonyl (C=O) groups is 2. The smallest absolute Gasteiger partial charge is 0.226 e. The first-order valence-corrected chi connectivity index (χ1v) is 8.66. The third kappa shape index (κ3) is 4.89. The van der Waals surface area contributed by atoms with Crippen molar-refractivity contribution in [1.82, 2.24) is 4.98 Å². The van der Waals surface area contributed by atoms with Gasteiger partial charge in [0.05, 0.1) is 17.2 Å². The van der Waals surface area contributed by atoms with Crippen LogP contribution in [-0.4, -0.2) is 23.3 Å². The number of benzene rings is 1. The fourth-order valence-corrected chi connectivity index (χ4v) is 3.11. The third-order valence-corrected chi connectivity index (χ3v) is 4.69. The summed E-state index contributed by atoms with van der Waals surface area (Å²) in [6, 6.07) is 6.06. The Morgan fingerprint density at radius 3 is 2.67 bits per heavy atom. The van der Waals surface area contributed by atoms with E-state index in [-0.39, 0.29) is 11.7 Å². The Morgan fingerprint density at radius 1 is 1.25 bits per heavy atom. The van der Waals surface area contributed by atoms with Gasteiger partial charge in [-0.25, -0.2) is 4.98 Å². The summed E-state index contributed by atoms with van der Waals surface area (Å²) in [5.74, 6) is 0.702. The van der Waals surface area contributed by atoms with Gasteiger partial charge < -0.3 is 10.1 Å². The predicted octanol–water partition coefficient (Wildman–Crippen LogP) is 4.07. The Morgan fingerprint density at radius 2 is 2.00 bits per heavy atom. The number of amides is 1. The van der Waals surface area contributed by atoms with Crippen LogP contribution in [-0.2, 0) is 4.79 Å². The minimum absolute atomic E-state index is 0.0348. The van der Waals surface area contributed by atoms with Crippen LogP contribution in [0.4, 0.5) is 5.13 Å². The van der Waals surface area contributed by atoms with Crippen LogP contribution in [0.3, 0.4) is 0 Å². The van der Waals surface area contributed by atoms with Crippen molar-refractivity contribution in [3.05, 3.63) is 39.9 Å². The molecule has 0 aliphatic heterocycles. The van der Waals surface area contributed by atoms with Crippen LogP contribution < -0.4 is 10.1 Å². The van der Waals surface area contributed by atoms with E-state index in [2.05, 4.69) is 10.3 Å². The van der Waals surface area contributed by atoms with Gasteiger partial charge in [0.25, 0.3) is 0 Å². The molecule has 128 valence electrons. The average molecular weight is 346 g/mol. The first-order valence-electron chi connectivity index (χ1n) is 7.85. The number of rotatable bonds is 7. The summed E-state index contributed by atoms with van der Waals surface area (Å²) in [4.78, 5) is 28.1. The van der Waals surface area contributed by atoms with E-state index in [4.69, 9.17) is 4.74 Å². The highest BCUT2D eigenvalue weighted by Gasteiger charge is 2.13. The number of anilines is 1. The van der Waals surface area contributed by atoms with Crippen molar-refractivity contribution in [1.29, 1.82) is 0 Å². The van der Waals surface area contributed by atoms with Crippen molar-refractivity contribution in [3.8, 4) is 5.75 Å². The summed E-state index contributed by atoms with van der Waals surface area (Å²) in [6.07, 6.45) is 0.960. The highest BCUT2D eigenvalue weighted by molar-refractivity contribution is 7.17. The van der Waals surface area contributed by atoms with Gasteiger partial charge in [-0.1, -0.05) is 23.5 Å². The lowest BCUT2D eigenvalue weighted by Gasteiger charge is -2.09. The van der Waals surface area contributed by atoms with Crippen LogP contribution in [0.2, 0.25) is 0 Å². The Balaban J connectivity index is 1.78. The molecule has 1 amide bonds. The van der Waals surface area contributed by atoms with Gasteiger partial charge >= 0.3 is 0 Å². The minimum Gasteiger partial charge on any atom is -0.493 e. The van der Waals surface area contributed by atoms with E-state index in [1.807, 2.05) is 32.0 Å². The monoisotopic (exact) mass is 346 g/mol. The summed E-state index contributed by atoms with van der Waals surface area (Å²) in [7, 11) is 0. The maximum Gasteiger partial charge on any atom is 0.226 e. The van der Waals surface area contributed by atoms with Crippen molar-refractivity contribution in [2.24, 2.45) is 0 Å². The zero-order valence-corrected chi connectivity index (χ0v) is 15.3. The standard InChI is InChI=1S/C18H22N2O3S/c1-11-7-8-12(2)15(10-11)23-9-5-6-16(22)20-18-19-13(3)17(24-18)14(4)21/h7-8,10H,5-6,9H2,1-4H3,(H,19,20,22). The van der Waals surface area contributed by atoms with Crippen molar-refractivity contribution in [2.45, 2.75) is 40.5 Å². The normalized spacial score (nSPS) is 10.5. The molecule has 1 heterocycles. The maximum absolute atomic E-state index is 12.0. The Hall–Kier alpha value is -2.21. The third-order valence-electron chi connectivity index (χ3n) is 3.51. The minimum atomic E-state index is -0.122. The van der Waals surface area contributed by atoms with Gasteiger partial charge in [-0.3, -0.25) is 9.59 Å². The van der Waals surface area contributed by atoms with Crippen LogP contribution in [0.15, 0.2) is 18.2 Å². The van der Waals surface area contributed by atoms with E-state index >= 15 is 0 Å². The molecular formula is C18H22N2O3S. The van der Waals surface area contributed by atoms with E-state index in [9.17, 15) is 9.59 Å². The average Bonchev–Trinajstić information content (AvgIpc) is 2.87. The van der Waals surface area contributed by atoms with E-state index in [1.165, 1.54) is 18.3 Å². The number of ketones is 1. The summed E-state index contributed by atoms with van der Waals surface area (Å²) in [5.41, 5.74) is 2.88. The summed E-state index contributed by atoms with van der Waals surface area (Å²) >= 11 is 1.21. The number of thiazole rings is 1. The van der Waals surface area contributed by atoms with Gasteiger partial charge in [-0.2, -0.15) is 0 Å². The van der Waals surface area contributed by atoms with E-state index in [0.29, 0.717) is 35.2 Å². The van der Waals surface area contributed by atoms with E-state index in [1.54, 1.807) is 6.92 Å². The largest absolute Gasteiger partial charge is 0.493 e. The summed E-state index contributed by atoms with van der Waals surface area (Å²) in [6.45, 7) is 7.76. The molecule has 5 nitrogen and oxygen atoms in total. The number of nitrogens with zero attached hydrogens (tertiary/aromatic N) is 1. The van der Waals surface area contributed by atoms with Gasteiger partial charge in [-0.15, -0.1) is 0 Å². The van der Waals surface area contributed by atoms with Gasteiger partial charge in [0.2, 0.25) is 5.91 Å². The summed E-state index contributed by atoms with van der Waals surface area (Å²) < 4.78 is 5.74. The second-order valence-electron chi connectivity index (χ2n) is 5.76. The molecule has 0 bridgehead atoms. The number of nitrogens with one attached hydrogen (secondary N) is 1. The number of carbonyl (C=O) groups excluding carboxylic acids is 2. The van der Waals surface area contributed by atoms with Crippen LogP contribution in [0.5, 0.6) is 5.75 Å². The summed E-state index contributed by atoms with van der Waals surface area (Å²) in [5, 5.41) is 3.21. The highest BCUT2D eigenvalue weighted by Crippen LogP contribution is 2.23. The Labute approximate surface area is 146 Å². The SMILES string of the molecule is CC(=O)c1sc(NC(=O)CCCOc2cc(C)ccc2C)nc1C. The fourth-order valence-electron chi connectivity index (χ4n) is 2.24. The van der Waals surface area contributed by atoms with E-state index < -0.39 is 0 Å². The molecule has 0 fully saturated rings. The molecule has 0 unspecified atom stereocenters. The number of aromatic nitrogens is 1. The number of hydrogen-bond donors (Lipinski definition) is 1. The van der Waals surface area contributed by atoms with Crippen LogP contribution in [0.25, 0.3) is 0 Å². The molecule has 24 heavy (non-hydrogen) atoms. The molecular weight excluding hydrogens is 324 g/mol. The molecule has 0 saturated heterocycles. The number of hydrogen-bond acceptors (Lipinski definition) is 5. The lowest BCUT2D eigenvalue weighted by molar-refractivity contribution is -0.116. The molecule has 0 aliphatic rings. The predicted molar refractivity (Wildman–Crippen MR) is 96.1 cm³/mol. The maximum atomic E-state index is 12.0. The number of Topliss-reactive ketones (excluding diaryl/α,β-unsaturated/α-hetero) is 1. The molecule has 1 N–H and O–H groups in total. The quantitative estimate of drug-likeness (QED) is 0.606. The van der Waals surface area contributed by atoms with Crippen molar-refractivity contribution >= 4 is 28.2 Å². The zero-order chi connectivity index (χ0) is 17.7. The highest BCUT2D eigenvalue weighted by atomic mass is 32.1. The molecule has 0 saturated carbocycles. The molecule has 0 aliphatic carbocycles. The molecule has 1 aromatic carbocycles. The van der Waals surface area contributed by atoms with Crippen molar-refractivity contribution in [2.75, 3.05) is 11.9 Å². The van der Waals surface area contributed by atoms with Crippen molar-refractivity contribution in [3.63, 3.8) is 0 Å². The first-order chi connectivity index (χ1) is 11.4. The van der Waals surface area contributed by atoms with Crippen LogP contribution in [0.1, 0.15) is 46.3 Å². The molecule has 2 rings (SSSR count). The Kier molecular flexibility index (Phi) is 6.09. The number of aryl methyl sites for hydroxylation is 3. The topological polar surface area (TPSA) is 68.3 Å². The fraction of sp³-hybridized carbons (Fsp3) is 0.389. The zero-order valence-electron chi connectivity index (χ0n) is 14.4. The first kappa shape index (κ1) is 18.1. The number of ether oxygens (including phenoxy) is 1. The Bertz CT molecular complexity index is 753. The molecule has 0 radical (unpaired) electrons. The molecule has 0 atom stereocenters. The van der Waals surface area contributed by atoms with Crippen LogP contribution >= 0.6 is 11.3 Å². The van der Waals surface area contributed by atoms with Crippen molar-refractivity contribution < 1.29 is 14.3 Å². The lowest BCUT2D eigenvalue weighted by atomic mass is 10.1.